The second kappa shape index (κ2) is 12.6. The van der Waals surface area contributed by atoms with E-state index in [2.05, 4.69) is 22.5 Å². The first-order chi connectivity index (χ1) is 21.4. The Morgan fingerprint density at radius 2 is 1.68 bits per heavy atom. The predicted octanol–water partition coefficient (Wildman–Crippen LogP) is 6.87. The second-order valence-electron chi connectivity index (χ2n) is 10.7. The maximum atomic E-state index is 14.5. The Morgan fingerprint density at radius 3 is 2.39 bits per heavy atom. The fourth-order valence-electron chi connectivity index (χ4n) is 5.18. The number of nitrogens with zero attached hydrogens (tertiary/aromatic N) is 3. The average Bonchev–Trinajstić information content (AvgIpc) is 3.52. The van der Waals surface area contributed by atoms with Gasteiger partial charge in [0, 0.05) is 48.1 Å². The normalized spacial score (nSPS) is 13.2. The highest BCUT2D eigenvalue weighted by atomic mass is 19.1. The molecule has 0 unspecified atom stereocenters. The van der Waals surface area contributed by atoms with Gasteiger partial charge in [-0.3, -0.25) is 4.79 Å². The van der Waals surface area contributed by atoms with Crippen LogP contribution in [0.4, 0.5) is 26.4 Å². The number of nitrogens with one attached hydrogen (secondary N) is 2. The van der Waals surface area contributed by atoms with Crippen molar-refractivity contribution in [1.29, 1.82) is 0 Å². The topological polar surface area (TPSA) is 110 Å². The van der Waals surface area contributed by atoms with Crippen LogP contribution in [0.5, 0.6) is 0 Å². The van der Waals surface area contributed by atoms with E-state index >= 15 is 0 Å². The third-order valence-corrected chi connectivity index (χ3v) is 7.42. The molecule has 2 N–H and O–H groups in total. The molecule has 44 heavy (non-hydrogen) atoms. The Bertz CT molecular complexity index is 1830. The maximum Gasteiger partial charge on any atom is 0.323 e. The van der Waals surface area contributed by atoms with Crippen LogP contribution in [-0.4, -0.2) is 48.1 Å². The molecule has 9 nitrogen and oxygen atoms in total. The molecule has 3 aromatic carbocycles. The van der Waals surface area contributed by atoms with Gasteiger partial charge in [-0.1, -0.05) is 19.1 Å². The summed E-state index contributed by atoms with van der Waals surface area (Å²) in [6.07, 6.45) is 0.954. The van der Waals surface area contributed by atoms with Crippen LogP contribution in [0.3, 0.4) is 0 Å². The average molecular weight is 594 g/mol. The van der Waals surface area contributed by atoms with Crippen molar-refractivity contribution in [2.45, 2.75) is 26.7 Å². The Labute approximate surface area is 254 Å². The van der Waals surface area contributed by atoms with Gasteiger partial charge in [0.05, 0.1) is 24.4 Å². The maximum absolute atomic E-state index is 14.5. The zero-order valence-electron chi connectivity index (χ0n) is 24.5. The van der Waals surface area contributed by atoms with Crippen LogP contribution < -0.4 is 15.5 Å². The number of halogens is 1. The van der Waals surface area contributed by atoms with Gasteiger partial charge < -0.3 is 24.7 Å². The molecule has 5 aromatic rings. The van der Waals surface area contributed by atoms with E-state index in [-0.39, 0.29) is 17.9 Å². The number of ketones is 1. The van der Waals surface area contributed by atoms with Crippen LogP contribution in [0.15, 0.2) is 77.2 Å². The van der Waals surface area contributed by atoms with Gasteiger partial charge in [-0.25, -0.2) is 19.2 Å². The molecule has 1 fully saturated rings. The molecule has 6 rings (SSSR count). The van der Waals surface area contributed by atoms with Crippen molar-refractivity contribution in [3.8, 4) is 22.7 Å². The first-order valence-electron chi connectivity index (χ1n) is 14.6. The summed E-state index contributed by atoms with van der Waals surface area (Å²) in [5, 5.41) is 6.18. The molecule has 0 saturated carbocycles. The molecule has 1 saturated heterocycles. The van der Waals surface area contributed by atoms with Crippen LogP contribution in [0.25, 0.3) is 33.6 Å². The number of furan rings is 1. The van der Waals surface area contributed by atoms with Gasteiger partial charge in [-0.05, 0) is 73.2 Å². The highest BCUT2D eigenvalue weighted by Gasteiger charge is 2.19. The molecule has 224 valence electrons. The number of ether oxygens (including phenoxy) is 1. The molecule has 3 heterocycles. The van der Waals surface area contributed by atoms with E-state index in [1.54, 1.807) is 18.2 Å². The number of urea groups is 1. The number of carbonyl (C=O) groups is 2. The van der Waals surface area contributed by atoms with Gasteiger partial charge in [-0.2, -0.15) is 0 Å². The van der Waals surface area contributed by atoms with Gasteiger partial charge in [-0.15, -0.1) is 0 Å². The summed E-state index contributed by atoms with van der Waals surface area (Å²) >= 11 is 0. The molecule has 0 atom stereocenters. The number of hydrogen-bond donors (Lipinski definition) is 2. The molecule has 2 amide bonds. The van der Waals surface area contributed by atoms with E-state index in [0.717, 1.165) is 58.9 Å². The van der Waals surface area contributed by atoms with Crippen LogP contribution in [0.2, 0.25) is 0 Å². The van der Waals surface area contributed by atoms with Crippen molar-refractivity contribution < 1.29 is 23.1 Å². The molecule has 1 aliphatic rings. The van der Waals surface area contributed by atoms with E-state index in [9.17, 15) is 14.0 Å². The van der Waals surface area contributed by atoms with Crippen LogP contribution >= 0.6 is 0 Å². The van der Waals surface area contributed by atoms with Crippen LogP contribution in [0.1, 0.15) is 25.2 Å². The molecule has 1 aliphatic heterocycles. The molecule has 0 radical (unpaired) electrons. The molecule has 0 bridgehead atoms. The predicted molar refractivity (Wildman–Crippen MR) is 169 cm³/mol. The van der Waals surface area contributed by atoms with Crippen LogP contribution in [-0.2, 0) is 22.4 Å². The lowest BCUT2D eigenvalue weighted by Crippen LogP contribution is -2.37. The standard InChI is InChI=1S/C34H32FN5O4/c1-3-26-10-13-31(44-26)24-7-11-27-30(20-24)37-32(39-33(27)40-14-16-43-17-15-40)23-5-8-25(9-6-23)36-34(42)38-29-12-4-22(18-21(2)41)19-28(29)35/h4-13,19-20H,3,14-18H2,1-2H3,(H2,36,38,42). The highest BCUT2D eigenvalue weighted by Crippen LogP contribution is 2.32. The summed E-state index contributed by atoms with van der Waals surface area (Å²) in [4.78, 5) is 36.0. The molecule has 0 spiro atoms. The number of carbonyl (C=O) groups excluding carboxylic acids is 2. The van der Waals surface area contributed by atoms with Crippen molar-refractivity contribution >= 4 is 39.9 Å². The third-order valence-electron chi connectivity index (χ3n) is 7.42. The number of aromatic nitrogens is 2. The fraction of sp³-hybridized carbons (Fsp3) is 0.235. The number of rotatable bonds is 8. The smallest absolute Gasteiger partial charge is 0.323 e. The molecule has 10 heteroatoms. The van der Waals surface area contributed by atoms with Gasteiger partial charge in [0.1, 0.15) is 28.9 Å². The van der Waals surface area contributed by atoms with Crippen molar-refractivity contribution in [2.24, 2.45) is 0 Å². The molecule has 2 aromatic heterocycles. The molecular formula is C34H32FN5O4. The van der Waals surface area contributed by atoms with Crippen molar-refractivity contribution in [3.63, 3.8) is 0 Å². The lowest BCUT2D eigenvalue weighted by molar-refractivity contribution is -0.116. The van der Waals surface area contributed by atoms with Crippen molar-refractivity contribution in [2.75, 3.05) is 41.8 Å². The number of amides is 2. The molecular weight excluding hydrogens is 561 g/mol. The first kappa shape index (κ1) is 29.0. The third kappa shape index (κ3) is 6.45. The van der Waals surface area contributed by atoms with Crippen molar-refractivity contribution in [3.05, 3.63) is 89.9 Å². The summed E-state index contributed by atoms with van der Waals surface area (Å²) in [5.74, 6) is 2.42. The van der Waals surface area contributed by atoms with E-state index < -0.39 is 11.8 Å². The Kier molecular flexibility index (Phi) is 8.33. The Balaban J connectivity index is 1.25. The minimum Gasteiger partial charge on any atom is -0.461 e. The number of aryl methyl sites for hydroxylation is 1. The zero-order chi connectivity index (χ0) is 30.6. The number of benzene rings is 3. The lowest BCUT2D eigenvalue weighted by atomic mass is 10.1. The minimum atomic E-state index is -0.611. The lowest BCUT2D eigenvalue weighted by Gasteiger charge is -2.29. The number of anilines is 3. The first-order valence-corrected chi connectivity index (χ1v) is 14.6. The monoisotopic (exact) mass is 593 g/mol. The van der Waals surface area contributed by atoms with Gasteiger partial charge in [0.2, 0.25) is 0 Å². The summed E-state index contributed by atoms with van der Waals surface area (Å²) < 4.78 is 26.0. The summed E-state index contributed by atoms with van der Waals surface area (Å²) in [6.45, 7) is 6.20. The van der Waals surface area contributed by atoms with Gasteiger partial charge >= 0.3 is 6.03 Å². The quantitative estimate of drug-likeness (QED) is 0.202. The number of fused-ring (bicyclic) bond motifs is 1. The van der Waals surface area contributed by atoms with Crippen molar-refractivity contribution in [1.82, 2.24) is 9.97 Å². The van der Waals surface area contributed by atoms with E-state index in [4.69, 9.17) is 19.1 Å². The number of Topliss-reactive ketones (excluding diaryl/α,β-unsaturated/α-hetero) is 1. The number of hydrogen-bond acceptors (Lipinski definition) is 7. The number of morpholine rings is 1. The van der Waals surface area contributed by atoms with Gasteiger partial charge in [0.15, 0.2) is 5.82 Å². The zero-order valence-corrected chi connectivity index (χ0v) is 24.5. The Morgan fingerprint density at radius 1 is 0.909 bits per heavy atom. The van der Waals surface area contributed by atoms with E-state index in [1.807, 2.05) is 42.5 Å². The minimum absolute atomic E-state index is 0.0199. The summed E-state index contributed by atoms with van der Waals surface area (Å²) in [5.41, 5.74) is 3.59. The fourth-order valence-corrected chi connectivity index (χ4v) is 5.18. The SMILES string of the molecule is CCc1ccc(-c2ccc3c(N4CCOCC4)nc(-c4ccc(NC(=O)Nc5ccc(CC(C)=O)cc5F)cc4)nc3c2)o1. The Hall–Kier alpha value is -5.09. The second-order valence-corrected chi connectivity index (χ2v) is 10.7. The van der Waals surface area contributed by atoms with Gasteiger partial charge in [0.25, 0.3) is 0 Å². The molecule has 0 aliphatic carbocycles. The highest BCUT2D eigenvalue weighted by molar-refractivity contribution is 6.00. The summed E-state index contributed by atoms with van der Waals surface area (Å²) in [7, 11) is 0. The summed E-state index contributed by atoms with van der Waals surface area (Å²) in [6, 6.07) is 20.9. The largest absolute Gasteiger partial charge is 0.461 e. The van der Waals surface area contributed by atoms with E-state index in [0.29, 0.717) is 30.3 Å². The van der Waals surface area contributed by atoms with Crippen LogP contribution in [0, 0.1) is 5.82 Å². The van der Waals surface area contributed by atoms with E-state index in [1.165, 1.54) is 19.1 Å².